The summed E-state index contributed by atoms with van der Waals surface area (Å²) in [6.07, 6.45) is 0. The fourth-order valence-electron chi connectivity index (χ4n) is 7.25. The molecule has 0 atom stereocenters. The second kappa shape index (κ2) is 9.18. The monoisotopic (exact) mass is 575 g/mol. The SMILES string of the molecule is c1ccc(-n2c3ccccc3c3c2ccc2c4ccccc4n(-c4cccc(-c5cccc6c5oc5ccccc56)n4)c23)cc1. The fourth-order valence-corrected chi connectivity index (χ4v) is 7.25. The van der Waals surface area contributed by atoms with E-state index in [1.807, 2.05) is 12.1 Å². The van der Waals surface area contributed by atoms with Crippen LogP contribution in [0, 0.1) is 0 Å². The van der Waals surface area contributed by atoms with Crippen molar-refractivity contribution in [2.45, 2.75) is 0 Å². The zero-order valence-electron chi connectivity index (χ0n) is 24.2. The van der Waals surface area contributed by atoms with Gasteiger partial charge in [-0.15, -0.1) is 0 Å². The van der Waals surface area contributed by atoms with Crippen LogP contribution in [0.15, 0.2) is 156 Å². The van der Waals surface area contributed by atoms with Crippen molar-refractivity contribution in [3.8, 4) is 22.8 Å². The minimum Gasteiger partial charge on any atom is -0.455 e. The summed E-state index contributed by atoms with van der Waals surface area (Å²) >= 11 is 0. The molecule has 0 N–H and O–H groups in total. The van der Waals surface area contributed by atoms with Crippen LogP contribution in [0.2, 0.25) is 0 Å². The number of fused-ring (bicyclic) bond motifs is 10. The summed E-state index contributed by atoms with van der Waals surface area (Å²) in [5.74, 6) is 0.871. The van der Waals surface area contributed by atoms with Crippen molar-refractivity contribution in [2.75, 3.05) is 0 Å². The van der Waals surface area contributed by atoms with Gasteiger partial charge in [-0.05, 0) is 54.6 Å². The molecule has 0 aliphatic carbocycles. The number of nitrogens with zero attached hydrogens (tertiary/aromatic N) is 3. The van der Waals surface area contributed by atoms with Crippen molar-refractivity contribution in [1.29, 1.82) is 0 Å². The molecule has 4 heterocycles. The molecule has 0 fully saturated rings. The van der Waals surface area contributed by atoms with E-state index in [2.05, 4.69) is 149 Å². The normalized spacial score (nSPS) is 12.0. The number of pyridine rings is 1. The van der Waals surface area contributed by atoms with E-state index >= 15 is 0 Å². The molecule has 0 bridgehead atoms. The lowest BCUT2D eigenvalue weighted by Crippen LogP contribution is -1.99. The first-order valence-electron chi connectivity index (χ1n) is 15.2. The minimum atomic E-state index is 0.860. The summed E-state index contributed by atoms with van der Waals surface area (Å²) in [6, 6.07) is 53.4. The lowest BCUT2D eigenvalue weighted by Gasteiger charge is -2.11. The van der Waals surface area contributed by atoms with Gasteiger partial charge in [-0.2, -0.15) is 0 Å². The first kappa shape index (κ1) is 24.3. The third-order valence-corrected chi connectivity index (χ3v) is 9.13. The largest absolute Gasteiger partial charge is 0.455 e. The second-order valence-corrected chi connectivity index (χ2v) is 11.6. The van der Waals surface area contributed by atoms with Crippen LogP contribution in [0.4, 0.5) is 0 Å². The molecule has 0 aliphatic heterocycles. The molecule has 210 valence electrons. The van der Waals surface area contributed by atoms with Gasteiger partial charge in [-0.3, -0.25) is 4.57 Å². The van der Waals surface area contributed by atoms with Gasteiger partial charge in [0.05, 0.1) is 27.8 Å². The highest BCUT2D eigenvalue weighted by molar-refractivity contribution is 6.26. The van der Waals surface area contributed by atoms with E-state index in [0.29, 0.717) is 0 Å². The molecule has 0 saturated carbocycles. The molecule has 0 unspecified atom stereocenters. The number of furan rings is 1. The van der Waals surface area contributed by atoms with Crippen LogP contribution < -0.4 is 0 Å². The average molecular weight is 576 g/mol. The first-order valence-corrected chi connectivity index (χ1v) is 15.2. The Labute approximate surface area is 258 Å². The number of hydrogen-bond acceptors (Lipinski definition) is 2. The highest BCUT2D eigenvalue weighted by Gasteiger charge is 2.21. The molecule has 0 radical (unpaired) electrons. The number of rotatable bonds is 3. The zero-order valence-corrected chi connectivity index (χ0v) is 24.2. The number of para-hydroxylation sites is 5. The topological polar surface area (TPSA) is 35.9 Å². The highest BCUT2D eigenvalue weighted by Crippen LogP contribution is 2.42. The molecule has 0 amide bonds. The molecule has 10 rings (SSSR count). The molecular formula is C41H25N3O. The lowest BCUT2D eigenvalue weighted by molar-refractivity contribution is 0.670. The predicted molar refractivity (Wildman–Crippen MR) is 186 cm³/mol. The summed E-state index contributed by atoms with van der Waals surface area (Å²) in [5.41, 5.74) is 9.39. The van der Waals surface area contributed by atoms with E-state index in [1.165, 1.54) is 32.6 Å². The van der Waals surface area contributed by atoms with E-state index in [4.69, 9.17) is 9.40 Å². The Hall–Kier alpha value is -6.13. The van der Waals surface area contributed by atoms with Gasteiger partial charge in [0.15, 0.2) is 0 Å². The van der Waals surface area contributed by atoms with Gasteiger partial charge >= 0.3 is 0 Å². The van der Waals surface area contributed by atoms with Crippen LogP contribution in [0.5, 0.6) is 0 Å². The van der Waals surface area contributed by atoms with Crippen LogP contribution in [-0.4, -0.2) is 14.1 Å². The third-order valence-electron chi connectivity index (χ3n) is 9.13. The molecule has 0 saturated heterocycles. The maximum atomic E-state index is 6.41. The Morgan fingerprint density at radius 2 is 1.13 bits per heavy atom. The highest BCUT2D eigenvalue weighted by atomic mass is 16.3. The van der Waals surface area contributed by atoms with Crippen molar-refractivity contribution in [3.05, 3.63) is 152 Å². The quantitative estimate of drug-likeness (QED) is 0.210. The maximum Gasteiger partial charge on any atom is 0.144 e. The number of aromatic nitrogens is 3. The lowest BCUT2D eigenvalue weighted by atomic mass is 10.1. The number of hydrogen-bond donors (Lipinski definition) is 0. The van der Waals surface area contributed by atoms with Crippen molar-refractivity contribution in [1.82, 2.24) is 14.1 Å². The average Bonchev–Trinajstić information content (AvgIpc) is 3.76. The van der Waals surface area contributed by atoms with Gasteiger partial charge < -0.3 is 8.98 Å². The summed E-state index contributed by atoms with van der Waals surface area (Å²) in [4.78, 5) is 5.35. The van der Waals surface area contributed by atoms with Crippen LogP contribution in [0.3, 0.4) is 0 Å². The summed E-state index contributed by atoms with van der Waals surface area (Å²) in [5, 5.41) is 7.06. The molecule has 0 aliphatic rings. The van der Waals surface area contributed by atoms with Gasteiger partial charge in [0.1, 0.15) is 17.0 Å². The summed E-state index contributed by atoms with van der Waals surface area (Å²) < 4.78 is 11.1. The molecule has 0 spiro atoms. The van der Waals surface area contributed by atoms with E-state index < -0.39 is 0 Å². The van der Waals surface area contributed by atoms with E-state index in [9.17, 15) is 0 Å². The van der Waals surface area contributed by atoms with Crippen LogP contribution in [0.1, 0.15) is 0 Å². The molecule has 4 aromatic heterocycles. The summed E-state index contributed by atoms with van der Waals surface area (Å²) in [6.45, 7) is 0. The zero-order chi connectivity index (χ0) is 29.5. The van der Waals surface area contributed by atoms with Gasteiger partial charge in [0.25, 0.3) is 0 Å². The Morgan fingerprint density at radius 1 is 0.444 bits per heavy atom. The van der Waals surface area contributed by atoms with Gasteiger partial charge in [0, 0.05) is 43.6 Å². The third kappa shape index (κ3) is 3.39. The van der Waals surface area contributed by atoms with Crippen molar-refractivity contribution in [3.63, 3.8) is 0 Å². The van der Waals surface area contributed by atoms with Crippen molar-refractivity contribution in [2.24, 2.45) is 0 Å². The fraction of sp³-hybridized carbons (Fsp3) is 0. The number of benzene rings is 6. The Morgan fingerprint density at radius 3 is 2.00 bits per heavy atom. The van der Waals surface area contributed by atoms with Crippen LogP contribution >= 0.6 is 0 Å². The van der Waals surface area contributed by atoms with Gasteiger partial charge in [0.2, 0.25) is 0 Å². The van der Waals surface area contributed by atoms with Crippen LogP contribution in [-0.2, 0) is 0 Å². The standard InChI is InChI=1S/C41H25N3O/c1-2-12-26(13-3-1)43-35-21-8-5-16-32(35)39-36(43)25-24-29-27-14-4-7-20-34(27)44(40(29)39)38-23-11-19-33(42-38)31-18-10-17-30-28-15-6-9-22-37(28)45-41(30)31/h1-25H. The summed E-state index contributed by atoms with van der Waals surface area (Å²) in [7, 11) is 0. The molecule has 10 aromatic rings. The smallest absolute Gasteiger partial charge is 0.144 e. The molecule has 6 aromatic carbocycles. The van der Waals surface area contributed by atoms with Gasteiger partial charge in [-0.1, -0.05) is 97.1 Å². The minimum absolute atomic E-state index is 0.860. The van der Waals surface area contributed by atoms with E-state index in [-0.39, 0.29) is 0 Å². The van der Waals surface area contributed by atoms with Crippen molar-refractivity contribution < 1.29 is 4.42 Å². The molecular weight excluding hydrogens is 550 g/mol. The van der Waals surface area contributed by atoms with E-state index in [1.54, 1.807) is 0 Å². The maximum absolute atomic E-state index is 6.41. The molecule has 4 nitrogen and oxygen atoms in total. The van der Waals surface area contributed by atoms with Gasteiger partial charge in [-0.25, -0.2) is 4.98 Å². The van der Waals surface area contributed by atoms with E-state index in [0.717, 1.165) is 55.7 Å². The van der Waals surface area contributed by atoms with Crippen LogP contribution in [0.25, 0.3) is 88.3 Å². The Bertz CT molecular complexity index is 2760. The Balaban J connectivity index is 1.31. The second-order valence-electron chi connectivity index (χ2n) is 11.6. The first-order chi connectivity index (χ1) is 22.3. The predicted octanol–water partition coefficient (Wildman–Crippen LogP) is 10.8. The molecule has 45 heavy (non-hydrogen) atoms. The van der Waals surface area contributed by atoms with Crippen molar-refractivity contribution >= 4 is 65.6 Å². The molecule has 4 heteroatoms. The Kier molecular flexibility index (Phi) is 4.96.